The smallest absolute Gasteiger partial charge is 0.253 e. The number of aliphatic hydroxyl groups is 1. The van der Waals surface area contributed by atoms with E-state index in [1.165, 1.54) is 18.4 Å². The van der Waals surface area contributed by atoms with E-state index in [4.69, 9.17) is 4.74 Å². The first-order valence-corrected chi connectivity index (χ1v) is 14.1. The van der Waals surface area contributed by atoms with E-state index in [-0.39, 0.29) is 36.1 Å². The van der Waals surface area contributed by atoms with Gasteiger partial charge in [0.1, 0.15) is 6.10 Å². The third-order valence-corrected chi connectivity index (χ3v) is 10.8. The number of thiophene rings is 1. The van der Waals surface area contributed by atoms with Crippen molar-refractivity contribution in [3.8, 4) is 11.5 Å². The molecule has 1 saturated heterocycles. The first kappa shape index (κ1) is 23.8. The van der Waals surface area contributed by atoms with Gasteiger partial charge in [0.15, 0.2) is 11.5 Å². The molecule has 194 valence electrons. The maximum absolute atomic E-state index is 13.6. The fraction of sp³-hybridized carbons (Fsp3) is 0.483. The van der Waals surface area contributed by atoms with Crippen LogP contribution < -0.4 is 10.1 Å². The summed E-state index contributed by atoms with van der Waals surface area (Å²) in [5.41, 5.74) is 1.30. The molecule has 1 amide bonds. The number of phenols is 1. The first-order valence-electron chi connectivity index (χ1n) is 13.2. The van der Waals surface area contributed by atoms with Gasteiger partial charge in [0.05, 0.1) is 22.6 Å². The second-order valence-corrected chi connectivity index (χ2v) is 12.5. The molecule has 1 spiro atoms. The van der Waals surface area contributed by atoms with E-state index in [2.05, 4.69) is 10.2 Å². The van der Waals surface area contributed by atoms with E-state index in [0.717, 1.165) is 47.5 Å². The van der Waals surface area contributed by atoms with Gasteiger partial charge in [-0.1, -0.05) is 18.2 Å². The van der Waals surface area contributed by atoms with E-state index in [1.54, 1.807) is 17.4 Å². The molecular formula is C29H31ClN2O4S. The Kier molecular flexibility index (Phi) is 5.20. The number of aromatic hydroxyl groups is 1. The standard InChI is InChI=1S/C29H30N2O4S.ClH/c32-21-7-6-18-14-22-29(34)10-8-20(30-27(33)19-3-1-2-17-9-13-36-25(17)19)26-28(29,23(18)24(21)35-26)11-12-31(22)15-16-4-5-16;/h1-3,6-7,9,13,16,20,22,26,32,34H,4-5,8,10-12,14-15H2,(H,30,33);1H/t20-,22+,26-,28-,29+;/m0./s1. The van der Waals surface area contributed by atoms with Crippen molar-refractivity contribution in [3.63, 3.8) is 0 Å². The van der Waals surface area contributed by atoms with Gasteiger partial charge in [-0.3, -0.25) is 9.69 Å². The molecule has 0 radical (unpaired) electrons. The Hall–Kier alpha value is -2.32. The number of hydrogen-bond acceptors (Lipinski definition) is 6. The van der Waals surface area contributed by atoms with E-state index >= 15 is 0 Å². The summed E-state index contributed by atoms with van der Waals surface area (Å²) in [6, 6.07) is 11.4. The highest BCUT2D eigenvalue weighted by atomic mass is 35.5. The van der Waals surface area contributed by atoms with Gasteiger partial charge in [-0.15, -0.1) is 23.7 Å². The molecule has 5 atom stereocenters. The fourth-order valence-corrected chi connectivity index (χ4v) is 8.96. The van der Waals surface area contributed by atoms with Gasteiger partial charge >= 0.3 is 0 Å². The second-order valence-electron chi connectivity index (χ2n) is 11.6. The third-order valence-electron chi connectivity index (χ3n) is 9.80. The minimum absolute atomic E-state index is 0. The Bertz CT molecular complexity index is 1420. The van der Waals surface area contributed by atoms with Gasteiger partial charge < -0.3 is 20.3 Å². The molecule has 3 heterocycles. The first-order chi connectivity index (χ1) is 17.5. The topological polar surface area (TPSA) is 82.0 Å². The molecule has 6 nitrogen and oxygen atoms in total. The van der Waals surface area contributed by atoms with Crippen LogP contribution in [0.2, 0.25) is 0 Å². The van der Waals surface area contributed by atoms with Crippen LogP contribution in [0, 0.1) is 5.92 Å². The van der Waals surface area contributed by atoms with Crippen LogP contribution in [0.3, 0.4) is 0 Å². The van der Waals surface area contributed by atoms with Gasteiger partial charge in [0.25, 0.3) is 5.91 Å². The van der Waals surface area contributed by atoms with Gasteiger partial charge in [0, 0.05) is 22.8 Å². The van der Waals surface area contributed by atoms with Crippen LogP contribution in [-0.4, -0.2) is 57.9 Å². The number of benzene rings is 2. The monoisotopic (exact) mass is 538 g/mol. The molecular weight excluding hydrogens is 508 g/mol. The van der Waals surface area contributed by atoms with Crippen LogP contribution in [0.5, 0.6) is 11.5 Å². The Labute approximate surface area is 226 Å². The zero-order valence-corrected chi connectivity index (χ0v) is 22.1. The average molecular weight is 539 g/mol. The molecule has 1 aromatic heterocycles. The molecule has 2 aliphatic heterocycles. The zero-order chi connectivity index (χ0) is 24.2. The zero-order valence-electron chi connectivity index (χ0n) is 20.5. The summed E-state index contributed by atoms with van der Waals surface area (Å²) in [4.78, 5) is 16.1. The Morgan fingerprint density at radius 1 is 1.16 bits per heavy atom. The lowest BCUT2D eigenvalue weighted by Crippen LogP contribution is -2.78. The molecule has 3 aromatic rings. The van der Waals surface area contributed by atoms with Gasteiger partial charge in [-0.25, -0.2) is 0 Å². The molecule has 0 unspecified atom stereocenters. The highest BCUT2D eigenvalue weighted by Crippen LogP contribution is 2.65. The minimum Gasteiger partial charge on any atom is -0.504 e. The summed E-state index contributed by atoms with van der Waals surface area (Å²) in [6.07, 6.45) is 4.98. The lowest BCUT2D eigenvalue weighted by Gasteiger charge is -2.64. The Morgan fingerprint density at radius 3 is 2.86 bits per heavy atom. The number of nitrogens with zero attached hydrogens (tertiary/aromatic N) is 1. The number of halogens is 1. The summed E-state index contributed by atoms with van der Waals surface area (Å²) in [7, 11) is 0. The van der Waals surface area contributed by atoms with Crippen molar-refractivity contribution in [2.75, 3.05) is 13.1 Å². The van der Waals surface area contributed by atoms with Crippen LogP contribution in [0.15, 0.2) is 41.8 Å². The van der Waals surface area contributed by atoms with E-state index < -0.39 is 17.1 Å². The minimum atomic E-state index is -0.939. The van der Waals surface area contributed by atoms with Gasteiger partial charge in [-0.05, 0) is 85.5 Å². The SMILES string of the molecule is Cl.O=C(N[C@H]1CC[C@@]2(O)[C@H]3Cc4ccc(O)c5c4[C@@]2(CCN3CC2CC2)[C@H]1O5)c1cccc2ccsc12. The van der Waals surface area contributed by atoms with E-state index in [9.17, 15) is 15.0 Å². The van der Waals surface area contributed by atoms with Crippen molar-refractivity contribution >= 4 is 39.7 Å². The summed E-state index contributed by atoms with van der Waals surface area (Å²) < 4.78 is 7.57. The number of ether oxygens (including phenoxy) is 1. The molecule has 3 fully saturated rings. The number of nitrogens with one attached hydrogen (secondary N) is 1. The summed E-state index contributed by atoms with van der Waals surface area (Å²) in [5, 5.41) is 29.8. The fourth-order valence-electron chi connectivity index (χ4n) is 8.05. The van der Waals surface area contributed by atoms with Gasteiger partial charge in [-0.2, -0.15) is 0 Å². The van der Waals surface area contributed by atoms with Crippen LogP contribution >= 0.6 is 23.7 Å². The van der Waals surface area contributed by atoms with Crippen molar-refractivity contribution in [2.24, 2.45) is 5.92 Å². The van der Waals surface area contributed by atoms with E-state index in [0.29, 0.717) is 24.2 Å². The molecule has 8 heteroatoms. The molecule has 2 bridgehead atoms. The van der Waals surface area contributed by atoms with Crippen LogP contribution in [0.4, 0.5) is 0 Å². The highest BCUT2D eigenvalue weighted by molar-refractivity contribution is 7.17. The molecule has 2 aromatic carbocycles. The molecule has 5 aliphatic rings. The summed E-state index contributed by atoms with van der Waals surface area (Å²) in [6.45, 7) is 1.97. The summed E-state index contributed by atoms with van der Waals surface area (Å²) >= 11 is 1.58. The number of amides is 1. The maximum atomic E-state index is 13.6. The number of carbonyl (C=O) groups is 1. The number of fused-ring (bicyclic) bond motifs is 1. The predicted molar refractivity (Wildman–Crippen MR) is 145 cm³/mol. The second kappa shape index (κ2) is 8.09. The van der Waals surface area contributed by atoms with Crippen molar-refractivity contribution in [1.29, 1.82) is 0 Å². The van der Waals surface area contributed by atoms with Crippen LogP contribution in [0.1, 0.15) is 53.6 Å². The number of hydrogen-bond donors (Lipinski definition) is 3. The molecule has 2 saturated carbocycles. The predicted octanol–water partition coefficient (Wildman–Crippen LogP) is 4.39. The number of phenolic OH excluding ortho intramolecular Hbond substituents is 1. The number of carbonyl (C=O) groups excluding carboxylic acids is 1. The molecule has 3 N–H and O–H groups in total. The molecule has 3 aliphatic carbocycles. The van der Waals surface area contributed by atoms with Crippen molar-refractivity contribution < 1.29 is 19.7 Å². The lowest BCUT2D eigenvalue weighted by atomic mass is 9.48. The third kappa shape index (κ3) is 3.08. The normalized spacial score (nSPS) is 33.4. The largest absolute Gasteiger partial charge is 0.504 e. The van der Waals surface area contributed by atoms with Crippen molar-refractivity contribution in [3.05, 3.63) is 58.5 Å². The highest BCUT2D eigenvalue weighted by Gasteiger charge is 2.73. The van der Waals surface area contributed by atoms with Gasteiger partial charge in [0.2, 0.25) is 0 Å². The lowest BCUT2D eigenvalue weighted by molar-refractivity contribution is -0.191. The molecule has 8 rings (SSSR count). The van der Waals surface area contributed by atoms with E-state index in [1.807, 2.05) is 35.7 Å². The molecule has 37 heavy (non-hydrogen) atoms. The Morgan fingerprint density at radius 2 is 2.03 bits per heavy atom. The van der Waals surface area contributed by atoms with Crippen LogP contribution in [-0.2, 0) is 11.8 Å². The maximum Gasteiger partial charge on any atom is 0.253 e. The number of likely N-dealkylation sites (tertiary alicyclic amines) is 1. The number of piperidine rings is 1. The average Bonchev–Trinajstić information content (AvgIpc) is 3.41. The number of rotatable bonds is 4. The Balaban J connectivity index is 0.00000231. The quantitative estimate of drug-likeness (QED) is 0.459. The van der Waals surface area contributed by atoms with Crippen molar-refractivity contribution in [1.82, 2.24) is 10.2 Å². The van der Waals surface area contributed by atoms with Crippen LogP contribution in [0.25, 0.3) is 10.1 Å². The van der Waals surface area contributed by atoms with Crippen molar-refractivity contribution in [2.45, 2.75) is 67.7 Å². The summed E-state index contributed by atoms with van der Waals surface area (Å²) in [5.74, 6) is 1.31.